The van der Waals surface area contributed by atoms with Gasteiger partial charge in [-0.05, 0) is 49.5 Å². The van der Waals surface area contributed by atoms with Crippen molar-refractivity contribution in [1.82, 2.24) is 10.2 Å². The van der Waals surface area contributed by atoms with Gasteiger partial charge in [-0.15, -0.1) is 11.3 Å². The quantitative estimate of drug-likeness (QED) is 0.931. The fraction of sp³-hybridized carbons (Fsp3) is 0.688. The highest BCUT2D eigenvalue weighted by atomic mass is 32.1. The summed E-state index contributed by atoms with van der Waals surface area (Å²) in [5.41, 5.74) is -0.245. The summed E-state index contributed by atoms with van der Waals surface area (Å²) in [7, 11) is 0. The molecule has 0 radical (unpaired) electrons. The third kappa shape index (κ3) is 1.84. The van der Waals surface area contributed by atoms with Crippen LogP contribution < -0.4 is 5.32 Å². The van der Waals surface area contributed by atoms with Crippen molar-refractivity contribution in [2.24, 2.45) is 5.92 Å². The van der Waals surface area contributed by atoms with E-state index in [1.165, 1.54) is 17.7 Å². The molecule has 0 aromatic carbocycles. The number of ether oxygens (including phenoxy) is 1. The van der Waals surface area contributed by atoms with E-state index >= 15 is 0 Å². The van der Waals surface area contributed by atoms with Gasteiger partial charge in [-0.25, -0.2) is 0 Å². The molecule has 1 N–H and O–H groups in total. The second kappa shape index (κ2) is 4.31. The largest absolute Gasteiger partial charge is 0.376 e. The third-order valence-corrected chi connectivity index (χ3v) is 6.37. The summed E-state index contributed by atoms with van der Waals surface area (Å²) >= 11 is 1.74. The molecule has 3 unspecified atom stereocenters. The molecule has 1 spiro atoms. The first-order chi connectivity index (χ1) is 10.3. The van der Waals surface area contributed by atoms with Gasteiger partial charge in [0.15, 0.2) is 0 Å². The van der Waals surface area contributed by atoms with Gasteiger partial charge >= 0.3 is 0 Å². The lowest BCUT2D eigenvalue weighted by molar-refractivity contribution is -0.134. The minimum absolute atomic E-state index is 0.0629. The lowest BCUT2D eigenvalue weighted by atomic mass is 10.0. The molecule has 4 aliphatic rings. The zero-order valence-electron chi connectivity index (χ0n) is 12.0. The average molecular weight is 304 g/mol. The number of carbonyl (C=O) groups is 1. The van der Waals surface area contributed by atoms with Crippen LogP contribution in [0.4, 0.5) is 0 Å². The number of hydrogen-bond donors (Lipinski definition) is 1. The van der Waals surface area contributed by atoms with Gasteiger partial charge in [0.1, 0.15) is 11.7 Å². The van der Waals surface area contributed by atoms with Crippen LogP contribution in [0.3, 0.4) is 0 Å². The second-order valence-electron chi connectivity index (χ2n) is 6.89. The molecule has 112 valence electrons. The molecule has 3 heterocycles. The highest BCUT2D eigenvalue weighted by molar-refractivity contribution is 7.10. The fourth-order valence-electron chi connectivity index (χ4n) is 4.01. The number of nitrogens with one attached hydrogen (secondary N) is 1. The number of thiophene rings is 1. The Kier molecular flexibility index (Phi) is 2.59. The molecule has 2 aliphatic heterocycles. The van der Waals surface area contributed by atoms with E-state index in [0.717, 1.165) is 25.9 Å². The predicted molar refractivity (Wildman–Crippen MR) is 79.9 cm³/mol. The number of rotatable bonds is 3. The van der Waals surface area contributed by atoms with Crippen molar-refractivity contribution < 1.29 is 9.53 Å². The molecule has 5 rings (SSSR count). The summed E-state index contributed by atoms with van der Waals surface area (Å²) in [6.45, 7) is 0.805. The topological polar surface area (TPSA) is 41.6 Å². The number of amides is 1. The molecule has 1 aromatic rings. The SMILES string of the molecule is O=C1N(C2CCOC2C2CC2)C(c2cccs2)NC12CC2. The van der Waals surface area contributed by atoms with Gasteiger partial charge in [-0.1, -0.05) is 6.07 Å². The molecule has 4 fully saturated rings. The molecule has 3 atom stereocenters. The molecule has 21 heavy (non-hydrogen) atoms. The van der Waals surface area contributed by atoms with Crippen LogP contribution in [0.25, 0.3) is 0 Å². The fourth-order valence-corrected chi connectivity index (χ4v) is 4.78. The average Bonchev–Trinajstić information content (AvgIpc) is 3.33. The zero-order valence-corrected chi connectivity index (χ0v) is 12.8. The van der Waals surface area contributed by atoms with Gasteiger partial charge in [0.2, 0.25) is 5.91 Å². The summed E-state index contributed by atoms with van der Waals surface area (Å²) < 4.78 is 5.99. The first-order valence-electron chi connectivity index (χ1n) is 8.04. The smallest absolute Gasteiger partial charge is 0.244 e. The lowest BCUT2D eigenvalue weighted by Gasteiger charge is -2.32. The summed E-state index contributed by atoms with van der Waals surface area (Å²) in [6.07, 6.45) is 5.85. The van der Waals surface area contributed by atoms with Crippen LogP contribution in [-0.2, 0) is 9.53 Å². The maximum Gasteiger partial charge on any atom is 0.244 e. The van der Waals surface area contributed by atoms with E-state index in [2.05, 4.69) is 27.7 Å². The first-order valence-corrected chi connectivity index (χ1v) is 8.92. The number of hydrogen-bond acceptors (Lipinski definition) is 4. The Hall–Kier alpha value is -0.910. The second-order valence-corrected chi connectivity index (χ2v) is 7.86. The van der Waals surface area contributed by atoms with Crippen LogP contribution in [0.2, 0.25) is 0 Å². The maximum absolute atomic E-state index is 13.0. The van der Waals surface area contributed by atoms with Crippen LogP contribution in [-0.4, -0.2) is 35.1 Å². The Morgan fingerprint density at radius 3 is 2.86 bits per heavy atom. The number of nitrogens with zero attached hydrogens (tertiary/aromatic N) is 1. The Labute approximate surface area is 128 Å². The molecule has 5 heteroatoms. The lowest BCUT2D eigenvalue weighted by Crippen LogP contribution is -2.45. The van der Waals surface area contributed by atoms with E-state index in [1.807, 2.05) is 0 Å². The maximum atomic E-state index is 13.0. The van der Waals surface area contributed by atoms with Crippen molar-refractivity contribution in [3.63, 3.8) is 0 Å². The molecule has 0 bridgehead atoms. The van der Waals surface area contributed by atoms with Crippen LogP contribution in [0.1, 0.15) is 43.1 Å². The van der Waals surface area contributed by atoms with Crippen LogP contribution in [0.15, 0.2) is 17.5 Å². The van der Waals surface area contributed by atoms with Gasteiger partial charge in [0.25, 0.3) is 0 Å². The van der Waals surface area contributed by atoms with Crippen molar-refractivity contribution >= 4 is 17.2 Å². The molecule has 1 amide bonds. The zero-order chi connectivity index (χ0) is 14.0. The van der Waals surface area contributed by atoms with E-state index in [9.17, 15) is 4.79 Å². The molecule has 2 saturated carbocycles. The van der Waals surface area contributed by atoms with Crippen molar-refractivity contribution in [2.75, 3.05) is 6.61 Å². The summed E-state index contributed by atoms with van der Waals surface area (Å²) in [5, 5.41) is 5.73. The molecular formula is C16H20N2O2S. The summed E-state index contributed by atoms with van der Waals surface area (Å²) in [5.74, 6) is 1.01. The highest BCUT2D eigenvalue weighted by Crippen LogP contribution is 2.50. The first kappa shape index (κ1) is 12.6. The van der Waals surface area contributed by atoms with E-state index in [4.69, 9.17) is 4.74 Å². The Balaban J connectivity index is 1.50. The minimum Gasteiger partial charge on any atom is -0.376 e. The Morgan fingerprint density at radius 2 is 2.19 bits per heavy atom. The van der Waals surface area contributed by atoms with Gasteiger partial charge in [-0.2, -0.15) is 0 Å². The third-order valence-electron chi connectivity index (χ3n) is 5.44. The molecule has 1 aromatic heterocycles. The van der Waals surface area contributed by atoms with Gasteiger partial charge in [0, 0.05) is 11.5 Å². The molecular weight excluding hydrogens is 284 g/mol. The Bertz CT molecular complexity index is 565. The van der Waals surface area contributed by atoms with E-state index < -0.39 is 0 Å². The van der Waals surface area contributed by atoms with Gasteiger partial charge in [0.05, 0.1) is 12.1 Å². The van der Waals surface area contributed by atoms with Crippen molar-refractivity contribution in [3.8, 4) is 0 Å². The normalized spacial score (nSPS) is 37.6. The summed E-state index contributed by atoms with van der Waals surface area (Å²) in [6, 6.07) is 4.49. The van der Waals surface area contributed by atoms with Crippen molar-refractivity contribution in [2.45, 2.75) is 56.0 Å². The van der Waals surface area contributed by atoms with Gasteiger partial charge < -0.3 is 9.64 Å². The monoisotopic (exact) mass is 304 g/mol. The highest BCUT2D eigenvalue weighted by Gasteiger charge is 2.62. The van der Waals surface area contributed by atoms with Crippen LogP contribution in [0.5, 0.6) is 0 Å². The minimum atomic E-state index is -0.245. The van der Waals surface area contributed by atoms with E-state index in [-0.39, 0.29) is 23.9 Å². The molecule has 2 saturated heterocycles. The standard InChI is InChI=1S/C16H20N2O2S/c19-15-16(6-7-16)17-14(12-2-1-9-21-12)18(15)11-5-8-20-13(11)10-3-4-10/h1-2,9-11,13-14,17H,3-8H2. The van der Waals surface area contributed by atoms with Crippen LogP contribution >= 0.6 is 11.3 Å². The Morgan fingerprint density at radius 1 is 1.33 bits per heavy atom. The van der Waals surface area contributed by atoms with Crippen molar-refractivity contribution in [3.05, 3.63) is 22.4 Å². The van der Waals surface area contributed by atoms with Gasteiger partial charge in [-0.3, -0.25) is 10.1 Å². The van der Waals surface area contributed by atoms with E-state index in [0.29, 0.717) is 11.8 Å². The van der Waals surface area contributed by atoms with E-state index in [1.54, 1.807) is 11.3 Å². The molecule has 4 nitrogen and oxygen atoms in total. The van der Waals surface area contributed by atoms with Crippen LogP contribution in [0, 0.1) is 5.92 Å². The van der Waals surface area contributed by atoms with Crippen molar-refractivity contribution in [1.29, 1.82) is 0 Å². The molecule has 2 aliphatic carbocycles. The number of carbonyl (C=O) groups excluding carboxylic acids is 1. The summed E-state index contributed by atoms with van der Waals surface area (Å²) in [4.78, 5) is 16.4. The predicted octanol–water partition coefficient (Wildman–Crippen LogP) is 2.28.